The molecule has 1 aliphatic heterocycles. The number of rotatable bonds is 5. The normalized spacial score (nSPS) is 13.0. The van der Waals surface area contributed by atoms with Crippen LogP contribution in [0.3, 0.4) is 0 Å². The summed E-state index contributed by atoms with van der Waals surface area (Å²) in [6, 6.07) is 15.0. The second-order valence-corrected chi connectivity index (χ2v) is 6.69. The van der Waals surface area contributed by atoms with Gasteiger partial charge < -0.3 is 10.1 Å². The Kier molecular flexibility index (Phi) is 4.80. The first-order valence-electron chi connectivity index (χ1n) is 8.98. The summed E-state index contributed by atoms with van der Waals surface area (Å²) in [4.78, 5) is 26.4. The fourth-order valence-electron chi connectivity index (χ4n) is 3.16. The van der Waals surface area contributed by atoms with Crippen molar-refractivity contribution in [1.29, 1.82) is 0 Å². The second-order valence-electron chi connectivity index (χ2n) is 6.69. The van der Waals surface area contributed by atoms with Gasteiger partial charge in [0.2, 0.25) is 5.91 Å². The van der Waals surface area contributed by atoms with Gasteiger partial charge in [-0.2, -0.15) is 5.10 Å². The summed E-state index contributed by atoms with van der Waals surface area (Å²) in [5.74, 6) is 0.110. The number of nitrogens with zero attached hydrogens (tertiary/aromatic N) is 3. The highest BCUT2D eigenvalue weighted by Crippen LogP contribution is 2.32. The molecule has 28 heavy (non-hydrogen) atoms. The van der Waals surface area contributed by atoms with Crippen LogP contribution >= 0.6 is 0 Å². The maximum atomic E-state index is 12.6. The van der Waals surface area contributed by atoms with Gasteiger partial charge in [-0.25, -0.2) is 0 Å². The molecule has 1 aliphatic rings. The van der Waals surface area contributed by atoms with Gasteiger partial charge in [0.05, 0.1) is 12.2 Å². The topological polar surface area (TPSA) is 76.5 Å². The second kappa shape index (κ2) is 7.56. The average Bonchev–Trinajstić information content (AvgIpc) is 3.17. The van der Waals surface area contributed by atoms with Crippen LogP contribution in [-0.2, 0) is 16.1 Å². The Morgan fingerprint density at radius 2 is 2.11 bits per heavy atom. The summed E-state index contributed by atoms with van der Waals surface area (Å²) in [6.07, 6.45) is 3.61. The molecule has 7 heteroatoms. The monoisotopic (exact) mass is 376 g/mol. The molecule has 0 atom stereocenters. The number of ether oxygens (including phenoxy) is 1. The van der Waals surface area contributed by atoms with Crippen molar-refractivity contribution >= 4 is 23.2 Å². The molecule has 0 aliphatic carbocycles. The third kappa shape index (κ3) is 3.88. The van der Waals surface area contributed by atoms with Crippen molar-refractivity contribution < 1.29 is 14.3 Å². The molecule has 0 saturated carbocycles. The Balaban J connectivity index is 1.46. The average molecular weight is 376 g/mol. The third-order valence-electron chi connectivity index (χ3n) is 4.47. The number of fused-ring (bicyclic) bond motifs is 1. The van der Waals surface area contributed by atoms with Crippen LogP contribution in [0.1, 0.15) is 11.1 Å². The quantitative estimate of drug-likeness (QED) is 0.743. The maximum Gasteiger partial charge on any atom is 0.265 e. The summed E-state index contributed by atoms with van der Waals surface area (Å²) < 4.78 is 7.27. The van der Waals surface area contributed by atoms with Crippen molar-refractivity contribution in [3.63, 3.8) is 0 Å². The fourth-order valence-corrected chi connectivity index (χ4v) is 3.16. The van der Waals surface area contributed by atoms with E-state index in [9.17, 15) is 9.59 Å². The molecule has 4 rings (SSSR count). The Labute approximate surface area is 162 Å². The minimum absolute atomic E-state index is 0.0668. The van der Waals surface area contributed by atoms with Crippen LogP contribution in [0, 0.1) is 6.92 Å². The number of amides is 2. The van der Waals surface area contributed by atoms with Gasteiger partial charge in [0.1, 0.15) is 12.3 Å². The van der Waals surface area contributed by atoms with E-state index in [1.165, 1.54) is 4.90 Å². The number of hydrogen-bond acceptors (Lipinski definition) is 4. The Morgan fingerprint density at radius 3 is 2.93 bits per heavy atom. The van der Waals surface area contributed by atoms with Crippen LogP contribution in [0.5, 0.6) is 5.75 Å². The van der Waals surface area contributed by atoms with E-state index in [1.54, 1.807) is 6.20 Å². The van der Waals surface area contributed by atoms with E-state index in [4.69, 9.17) is 4.74 Å². The van der Waals surface area contributed by atoms with E-state index >= 15 is 0 Å². The lowest BCUT2D eigenvalue weighted by atomic mass is 10.1. The Morgan fingerprint density at radius 1 is 1.21 bits per heavy atom. The Bertz CT molecular complexity index is 1010. The number of aromatic nitrogens is 2. The van der Waals surface area contributed by atoms with Gasteiger partial charge in [-0.1, -0.05) is 18.2 Å². The highest BCUT2D eigenvalue weighted by molar-refractivity contribution is 6.05. The summed E-state index contributed by atoms with van der Waals surface area (Å²) in [5, 5.41) is 7.06. The molecule has 2 heterocycles. The highest BCUT2D eigenvalue weighted by atomic mass is 16.5. The number of aryl methyl sites for hydroxylation is 1. The number of benzene rings is 2. The van der Waals surface area contributed by atoms with Crippen LogP contribution in [0.4, 0.5) is 11.4 Å². The Hall–Kier alpha value is -3.61. The first-order chi connectivity index (χ1) is 13.6. The van der Waals surface area contributed by atoms with Crippen LogP contribution in [0.2, 0.25) is 0 Å². The van der Waals surface area contributed by atoms with Gasteiger partial charge >= 0.3 is 0 Å². The van der Waals surface area contributed by atoms with Crippen molar-refractivity contribution in [1.82, 2.24) is 9.78 Å². The summed E-state index contributed by atoms with van der Waals surface area (Å²) in [6.45, 7) is 2.42. The first kappa shape index (κ1) is 17.8. The highest BCUT2D eigenvalue weighted by Gasteiger charge is 2.27. The van der Waals surface area contributed by atoms with Gasteiger partial charge in [0, 0.05) is 18.1 Å². The zero-order valence-corrected chi connectivity index (χ0v) is 15.5. The molecule has 3 aromatic rings. The number of nitrogens with one attached hydrogen (secondary N) is 1. The van der Waals surface area contributed by atoms with Crippen molar-refractivity contribution in [2.75, 3.05) is 23.4 Å². The molecular formula is C21H20N4O3. The molecule has 0 unspecified atom stereocenters. The van der Waals surface area contributed by atoms with E-state index in [0.717, 1.165) is 11.1 Å². The lowest BCUT2D eigenvalue weighted by Crippen LogP contribution is -2.43. The van der Waals surface area contributed by atoms with Crippen LogP contribution in [0.15, 0.2) is 60.9 Å². The standard InChI is InChI=1S/C21H20N4O3/c1-15-6-7-19-18(10-15)25(21(27)14-28-19)13-20(26)23-17-5-2-4-16(11-17)12-24-9-3-8-22-24/h2-11H,12-14H2,1H3,(H,23,26). The van der Waals surface area contributed by atoms with Gasteiger partial charge in [-0.3, -0.25) is 19.2 Å². The SMILES string of the molecule is Cc1ccc2c(c1)N(CC(=O)Nc1cccc(Cn3cccn3)c1)C(=O)CO2. The summed E-state index contributed by atoms with van der Waals surface area (Å²) >= 11 is 0. The zero-order valence-electron chi connectivity index (χ0n) is 15.5. The molecule has 0 radical (unpaired) electrons. The van der Waals surface area contributed by atoms with Crippen molar-refractivity contribution in [3.05, 3.63) is 72.1 Å². The van der Waals surface area contributed by atoms with Gasteiger partial charge in [0.15, 0.2) is 6.61 Å². The summed E-state index contributed by atoms with van der Waals surface area (Å²) in [5.41, 5.74) is 3.32. The zero-order chi connectivity index (χ0) is 19.5. The minimum Gasteiger partial charge on any atom is -0.482 e. The van der Waals surface area contributed by atoms with E-state index in [2.05, 4.69) is 10.4 Å². The molecule has 0 bridgehead atoms. The van der Waals surface area contributed by atoms with Crippen molar-refractivity contribution in [3.8, 4) is 5.75 Å². The maximum absolute atomic E-state index is 12.6. The molecule has 0 spiro atoms. The smallest absolute Gasteiger partial charge is 0.265 e. The molecule has 0 saturated heterocycles. The molecule has 2 aromatic carbocycles. The van der Waals surface area contributed by atoms with Crippen LogP contribution in [0.25, 0.3) is 0 Å². The van der Waals surface area contributed by atoms with E-state index in [0.29, 0.717) is 23.7 Å². The van der Waals surface area contributed by atoms with E-state index in [1.807, 2.05) is 66.3 Å². The van der Waals surface area contributed by atoms with E-state index in [-0.39, 0.29) is 25.0 Å². The number of hydrogen-bond donors (Lipinski definition) is 1. The van der Waals surface area contributed by atoms with Gasteiger partial charge in [0.25, 0.3) is 5.91 Å². The number of carbonyl (C=O) groups is 2. The predicted molar refractivity (Wildman–Crippen MR) is 105 cm³/mol. The van der Waals surface area contributed by atoms with Crippen molar-refractivity contribution in [2.45, 2.75) is 13.5 Å². The fraction of sp³-hybridized carbons (Fsp3) is 0.190. The lowest BCUT2D eigenvalue weighted by Gasteiger charge is -2.29. The summed E-state index contributed by atoms with van der Waals surface area (Å²) in [7, 11) is 0. The lowest BCUT2D eigenvalue weighted by molar-refractivity contribution is -0.123. The molecule has 0 fully saturated rings. The third-order valence-corrected chi connectivity index (χ3v) is 4.47. The molecular weight excluding hydrogens is 356 g/mol. The number of anilines is 2. The van der Waals surface area contributed by atoms with Crippen molar-refractivity contribution in [2.24, 2.45) is 0 Å². The molecule has 142 valence electrons. The molecule has 2 amide bonds. The van der Waals surface area contributed by atoms with E-state index < -0.39 is 0 Å². The number of carbonyl (C=O) groups excluding carboxylic acids is 2. The predicted octanol–water partition coefficient (Wildman–Crippen LogP) is 2.60. The molecule has 1 aromatic heterocycles. The van der Waals surface area contributed by atoms with Gasteiger partial charge in [-0.15, -0.1) is 0 Å². The first-order valence-corrected chi connectivity index (χ1v) is 8.98. The molecule has 1 N–H and O–H groups in total. The molecule has 7 nitrogen and oxygen atoms in total. The van der Waals surface area contributed by atoms with Crippen LogP contribution in [-0.4, -0.2) is 34.7 Å². The minimum atomic E-state index is -0.265. The van der Waals surface area contributed by atoms with Crippen LogP contribution < -0.4 is 15.0 Å². The van der Waals surface area contributed by atoms with Gasteiger partial charge in [-0.05, 0) is 48.4 Å². The largest absolute Gasteiger partial charge is 0.482 e.